The maximum Gasteiger partial charge on any atom is 0.326 e. The van der Waals surface area contributed by atoms with Crippen molar-refractivity contribution in [1.82, 2.24) is 4.90 Å². The smallest absolute Gasteiger partial charge is 0.326 e. The first-order valence-corrected chi connectivity index (χ1v) is 6.02. The Morgan fingerprint density at radius 1 is 1.32 bits per heavy atom. The van der Waals surface area contributed by atoms with E-state index in [0.29, 0.717) is 5.75 Å². The predicted octanol–water partition coefficient (Wildman–Crippen LogP) is 1.73. The number of carbonyl (C=O) groups is 2. The number of carboxylic acid groups (broad SMARTS) is 1. The molecule has 2 atom stereocenters. The highest BCUT2D eigenvalue weighted by molar-refractivity contribution is 5.87. The maximum absolute atomic E-state index is 12.2. The summed E-state index contributed by atoms with van der Waals surface area (Å²) in [6.07, 6.45) is 0. The van der Waals surface area contributed by atoms with Crippen LogP contribution in [0.25, 0.3) is 0 Å². The SMILES string of the molecule is COc1cccc(C(C)C(=O)N(C)C(C)C(=O)O)c1. The summed E-state index contributed by atoms with van der Waals surface area (Å²) in [5.41, 5.74) is 0.800. The van der Waals surface area contributed by atoms with Gasteiger partial charge in [-0.15, -0.1) is 0 Å². The molecule has 0 spiro atoms. The standard InChI is InChI=1S/C14H19NO4/c1-9(11-6-5-7-12(8-11)19-4)13(16)15(3)10(2)14(17)18/h5-10H,1-4H3,(H,17,18). The molecule has 0 heterocycles. The third kappa shape index (κ3) is 3.47. The topological polar surface area (TPSA) is 66.8 Å². The molecule has 19 heavy (non-hydrogen) atoms. The molecule has 0 saturated carbocycles. The van der Waals surface area contributed by atoms with Gasteiger partial charge < -0.3 is 14.7 Å². The van der Waals surface area contributed by atoms with Gasteiger partial charge in [0.15, 0.2) is 0 Å². The van der Waals surface area contributed by atoms with Crippen LogP contribution in [0, 0.1) is 0 Å². The molecule has 1 amide bonds. The Bertz CT molecular complexity index is 472. The van der Waals surface area contributed by atoms with E-state index in [1.165, 1.54) is 18.9 Å². The van der Waals surface area contributed by atoms with Gasteiger partial charge in [-0.3, -0.25) is 4.79 Å². The Kier molecular flexibility index (Phi) is 4.92. The van der Waals surface area contributed by atoms with Gasteiger partial charge in [-0.1, -0.05) is 12.1 Å². The van der Waals surface area contributed by atoms with Gasteiger partial charge in [-0.2, -0.15) is 0 Å². The number of amides is 1. The Labute approximate surface area is 112 Å². The fraction of sp³-hybridized carbons (Fsp3) is 0.429. The molecule has 0 aliphatic heterocycles. The second-order valence-electron chi connectivity index (χ2n) is 4.46. The molecule has 0 aliphatic carbocycles. The van der Waals surface area contributed by atoms with Crippen LogP contribution >= 0.6 is 0 Å². The van der Waals surface area contributed by atoms with E-state index in [2.05, 4.69) is 0 Å². The number of benzene rings is 1. The molecule has 5 nitrogen and oxygen atoms in total. The number of methoxy groups -OCH3 is 1. The van der Waals surface area contributed by atoms with E-state index in [1.807, 2.05) is 6.07 Å². The summed E-state index contributed by atoms with van der Waals surface area (Å²) in [4.78, 5) is 24.3. The molecule has 5 heteroatoms. The van der Waals surface area contributed by atoms with Crippen molar-refractivity contribution < 1.29 is 19.4 Å². The first-order valence-electron chi connectivity index (χ1n) is 6.02. The van der Waals surface area contributed by atoms with Crippen LogP contribution in [0.5, 0.6) is 5.75 Å². The van der Waals surface area contributed by atoms with Crippen LogP contribution in [0.1, 0.15) is 25.3 Å². The lowest BCUT2D eigenvalue weighted by Crippen LogP contribution is -2.42. The molecule has 0 fully saturated rings. The number of hydrogen-bond donors (Lipinski definition) is 1. The van der Waals surface area contributed by atoms with Crippen molar-refractivity contribution in [2.45, 2.75) is 25.8 Å². The number of ether oxygens (including phenoxy) is 1. The van der Waals surface area contributed by atoms with Crippen molar-refractivity contribution in [3.63, 3.8) is 0 Å². The average molecular weight is 265 g/mol. The van der Waals surface area contributed by atoms with Crippen LogP contribution in [0.4, 0.5) is 0 Å². The number of aliphatic carboxylic acids is 1. The average Bonchev–Trinajstić information content (AvgIpc) is 2.43. The molecule has 2 unspecified atom stereocenters. The normalized spacial score (nSPS) is 13.5. The van der Waals surface area contributed by atoms with Gasteiger partial charge in [0.2, 0.25) is 5.91 Å². The zero-order valence-electron chi connectivity index (χ0n) is 11.6. The van der Waals surface area contributed by atoms with E-state index in [0.717, 1.165) is 5.56 Å². The molecule has 0 aromatic heterocycles. The molecular formula is C14H19NO4. The van der Waals surface area contributed by atoms with Crippen LogP contribution < -0.4 is 4.74 Å². The minimum absolute atomic E-state index is 0.233. The summed E-state index contributed by atoms with van der Waals surface area (Å²) < 4.78 is 5.11. The van der Waals surface area contributed by atoms with Gasteiger partial charge in [-0.05, 0) is 31.5 Å². The Morgan fingerprint density at radius 3 is 2.47 bits per heavy atom. The monoisotopic (exact) mass is 265 g/mol. The van der Waals surface area contributed by atoms with Gasteiger partial charge >= 0.3 is 5.97 Å². The molecule has 0 aliphatic rings. The van der Waals surface area contributed by atoms with E-state index >= 15 is 0 Å². The zero-order valence-corrected chi connectivity index (χ0v) is 11.6. The second-order valence-corrected chi connectivity index (χ2v) is 4.46. The molecule has 104 valence electrons. The number of hydrogen-bond acceptors (Lipinski definition) is 3. The summed E-state index contributed by atoms with van der Waals surface area (Å²) >= 11 is 0. The van der Waals surface area contributed by atoms with E-state index < -0.39 is 17.9 Å². The van der Waals surface area contributed by atoms with Crippen molar-refractivity contribution in [3.05, 3.63) is 29.8 Å². The molecule has 0 saturated heterocycles. The molecule has 1 rings (SSSR count). The Hall–Kier alpha value is -2.04. The van der Waals surface area contributed by atoms with Crippen LogP contribution in [0.2, 0.25) is 0 Å². The number of likely N-dealkylation sites (N-methyl/N-ethyl adjacent to an activating group) is 1. The van der Waals surface area contributed by atoms with Crippen molar-refractivity contribution in [2.75, 3.05) is 14.2 Å². The van der Waals surface area contributed by atoms with E-state index in [4.69, 9.17) is 9.84 Å². The van der Waals surface area contributed by atoms with Gasteiger partial charge in [0.25, 0.3) is 0 Å². The predicted molar refractivity (Wildman–Crippen MR) is 71.3 cm³/mol. The molecule has 1 aromatic rings. The number of carbonyl (C=O) groups excluding carboxylic acids is 1. The van der Waals surface area contributed by atoms with Crippen molar-refractivity contribution in [3.8, 4) is 5.75 Å². The highest BCUT2D eigenvalue weighted by Crippen LogP contribution is 2.22. The lowest BCUT2D eigenvalue weighted by atomic mass is 9.99. The third-order valence-electron chi connectivity index (χ3n) is 3.25. The lowest BCUT2D eigenvalue weighted by molar-refractivity contribution is -0.148. The minimum Gasteiger partial charge on any atom is -0.497 e. The van der Waals surface area contributed by atoms with Gasteiger partial charge in [0, 0.05) is 7.05 Å². The summed E-state index contributed by atoms with van der Waals surface area (Å²) in [5, 5.41) is 8.92. The second kappa shape index (κ2) is 6.22. The fourth-order valence-corrected chi connectivity index (χ4v) is 1.72. The fourth-order valence-electron chi connectivity index (χ4n) is 1.72. The Morgan fingerprint density at radius 2 is 1.95 bits per heavy atom. The Balaban J connectivity index is 2.89. The molecule has 1 aromatic carbocycles. The van der Waals surface area contributed by atoms with Crippen molar-refractivity contribution >= 4 is 11.9 Å². The van der Waals surface area contributed by atoms with E-state index in [1.54, 1.807) is 32.2 Å². The molecule has 1 N–H and O–H groups in total. The largest absolute Gasteiger partial charge is 0.497 e. The quantitative estimate of drug-likeness (QED) is 0.880. The van der Waals surface area contributed by atoms with Crippen LogP contribution in [0.15, 0.2) is 24.3 Å². The molecule has 0 radical (unpaired) electrons. The molecule has 0 bridgehead atoms. The summed E-state index contributed by atoms with van der Waals surface area (Å²) in [6, 6.07) is 6.36. The van der Waals surface area contributed by atoms with Crippen LogP contribution in [-0.2, 0) is 9.59 Å². The number of rotatable bonds is 5. The first kappa shape index (κ1) is 15.0. The minimum atomic E-state index is -1.02. The maximum atomic E-state index is 12.2. The molecular weight excluding hydrogens is 246 g/mol. The highest BCUT2D eigenvalue weighted by atomic mass is 16.5. The van der Waals surface area contributed by atoms with Gasteiger partial charge in [0.05, 0.1) is 13.0 Å². The number of carboxylic acids is 1. The van der Waals surface area contributed by atoms with E-state index in [9.17, 15) is 9.59 Å². The van der Waals surface area contributed by atoms with Crippen LogP contribution in [0.3, 0.4) is 0 Å². The van der Waals surface area contributed by atoms with Crippen molar-refractivity contribution in [2.24, 2.45) is 0 Å². The van der Waals surface area contributed by atoms with Crippen LogP contribution in [-0.4, -0.2) is 42.1 Å². The van der Waals surface area contributed by atoms with E-state index in [-0.39, 0.29) is 5.91 Å². The summed E-state index contributed by atoms with van der Waals surface area (Å²) in [7, 11) is 3.06. The van der Waals surface area contributed by atoms with Gasteiger partial charge in [-0.25, -0.2) is 4.79 Å². The van der Waals surface area contributed by atoms with Crippen molar-refractivity contribution in [1.29, 1.82) is 0 Å². The highest BCUT2D eigenvalue weighted by Gasteiger charge is 2.26. The summed E-state index contributed by atoms with van der Waals surface area (Å²) in [6.45, 7) is 3.24. The number of nitrogens with zero attached hydrogens (tertiary/aromatic N) is 1. The third-order valence-corrected chi connectivity index (χ3v) is 3.25. The first-order chi connectivity index (χ1) is 8.88. The zero-order chi connectivity index (χ0) is 14.6. The van der Waals surface area contributed by atoms with Gasteiger partial charge in [0.1, 0.15) is 11.8 Å². The summed E-state index contributed by atoms with van der Waals surface area (Å²) in [5.74, 6) is -0.996. The lowest BCUT2D eigenvalue weighted by Gasteiger charge is -2.25.